The number of benzene rings is 2. The van der Waals surface area contributed by atoms with Gasteiger partial charge < -0.3 is 14.7 Å². The highest BCUT2D eigenvalue weighted by atomic mass is 79.9. The number of piperazine rings is 1. The van der Waals surface area contributed by atoms with Crippen molar-refractivity contribution in [2.45, 2.75) is 6.10 Å². The van der Waals surface area contributed by atoms with E-state index in [1.807, 2.05) is 18.2 Å². The fraction of sp³-hybridized carbons (Fsp3) is 0.368. The summed E-state index contributed by atoms with van der Waals surface area (Å²) in [5.74, 6) is 0.777. The van der Waals surface area contributed by atoms with Crippen LogP contribution in [0.4, 0.5) is 5.69 Å². The minimum absolute atomic E-state index is 0.499. The number of hydrogen-bond donors (Lipinski definition) is 1. The molecule has 0 radical (unpaired) electrons. The molecule has 2 aromatic carbocycles. The minimum Gasteiger partial charge on any atom is -0.496 e. The molecule has 0 bridgehead atoms. The Morgan fingerprint density at radius 2 is 1.72 bits per heavy atom. The Kier molecular flexibility index (Phi) is 6.39. The van der Waals surface area contributed by atoms with Gasteiger partial charge in [0.15, 0.2) is 0 Å². The van der Waals surface area contributed by atoms with Gasteiger partial charge in [0.05, 0.1) is 17.7 Å². The second-order valence-corrected chi connectivity index (χ2v) is 7.94. The third-order valence-electron chi connectivity index (χ3n) is 4.56. The molecule has 1 N–H and O–H groups in total. The molecule has 0 saturated carbocycles. The molecule has 0 amide bonds. The maximum absolute atomic E-state index is 10.6. The summed E-state index contributed by atoms with van der Waals surface area (Å²) in [4.78, 5) is 4.71. The van der Waals surface area contributed by atoms with Crippen LogP contribution in [0, 0.1) is 0 Å². The van der Waals surface area contributed by atoms with E-state index in [9.17, 15) is 5.11 Å². The lowest BCUT2D eigenvalue weighted by Crippen LogP contribution is -2.47. The van der Waals surface area contributed by atoms with Gasteiger partial charge in [0, 0.05) is 42.9 Å². The van der Waals surface area contributed by atoms with Crippen LogP contribution in [-0.4, -0.2) is 49.8 Å². The van der Waals surface area contributed by atoms with Crippen molar-refractivity contribution in [1.29, 1.82) is 0 Å². The minimum atomic E-state index is -0.499. The third kappa shape index (κ3) is 4.76. The van der Waals surface area contributed by atoms with Gasteiger partial charge in [-0.15, -0.1) is 0 Å². The van der Waals surface area contributed by atoms with Gasteiger partial charge in [-0.2, -0.15) is 0 Å². The van der Waals surface area contributed by atoms with Gasteiger partial charge in [0.25, 0.3) is 0 Å². The standard InChI is InChI=1S/C19H22Br2N2O2/c1-25-19-7-2-14(12-17(19)21)18(24)13-22-8-10-23(11-9-22)16-5-3-15(20)4-6-16/h2-7,12,18,24H,8-11,13H2,1H3. The maximum atomic E-state index is 10.6. The fourth-order valence-corrected chi connectivity index (χ4v) is 3.90. The molecule has 6 heteroatoms. The summed E-state index contributed by atoms with van der Waals surface area (Å²) < 4.78 is 7.21. The predicted molar refractivity (Wildman–Crippen MR) is 108 cm³/mol. The average molecular weight is 470 g/mol. The number of anilines is 1. The number of ether oxygens (including phenoxy) is 1. The van der Waals surface area contributed by atoms with Crippen LogP contribution in [0.2, 0.25) is 0 Å². The highest BCUT2D eigenvalue weighted by molar-refractivity contribution is 9.10. The molecule has 3 rings (SSSR count). The Morgan fingerprint density at radius 3 is 2.32 bits per heavy atom. The zero-order valence-corrected chi connectivity index (χ0v) is 17.3. The largest absolute Gasteiger partial charge is 0.496 e. The molecule has 1 unspecified atom stereocenters. The second kappa shape index (κ2) is 8.54. The monoisotopic (exact) mass is 468 g/mol. The van der Waals surface area contributed by atoms with Crippen molar-refractivity contribution in [2.24, 2.45) is 0 Å². The van der Waals surface area contributed by atoms with Crippen molar-refractivity contribution in [1.82, 2.24) is 4.90 Å². The summed E-state index contributed by atoms with van der Waals surface area (Å²) in [6.45, 7) is 4.49. The van der Waals surface area contributed by atoms with E-state index in [1.165, 1.54) is 5.69 Å². The van der Waals surface area contributed by atoms with Crippen LogP contribution in [0.15, 0.2) is 51.4 Å². The second-order valence-electron chi connectivity index (χ2n) is 6.17. The van der Waals surface area contributed by atoms with Gasteiger partial charge >= 0.3 is 0 Å². The lowest BCUT2D eigenvalue weighted by atomic mass is 10.1. The highest BCUT2D eigenvalue weighted by Gasteiger charge is 2.20. The van der Waals surface area contributed by atoms with Gasteiger partial charge in [-0.1, -0.05) is 22.0 Å². The van der Waals surface area contributed by atoms with Crippen molar-refractivity contribution in [3.05, 3.63) is 57.0 Å². The normalized spacial score (nSPS) is 16.7. The van der Waals surface area contributed by atoms with Crippen LogP contribution in [0.1, 0.15) is 11.7 Å². The molecule has 1 atom stereocenters. The smallest absolute Gasteiger partial charge is 0.133 e. The van der Waals surface area contributed by atoms with Crippen LogP contribution in [0.5, 0.6) is 5.75 Å². The van der Waals surface area contributed by atoms with Crippen LogP contribution in [-0.2, 0) is 0 Å². The average Bonchev–Trinajstić information content (AvgIpc) is 2.63. The summed E-state index contributed by atoms with van der Waals surface area (Å²) in [5, 5.41) is 10.6. The predicted octanol–water partition coefficient (Wildman–Crippen LogP) is 4.08. The van der Waals surface area contributed by atoms with E-state index in [0.717, 1.165) is 46.4 Å². The summed E-state index contributed by atoms with van der Waals surface area (Å²) in [6.07, 6.45) is -0.499. The van der Waals surface area contributed by atoms with Gasteiger partial charge in [-0.25, -0.2) is 0 Å². The molecule has 0 aliphatic carbocycles. The Hall–Kier alpha value is -1.08. The topological polar surface area (TPSA) is 35.9 Å². The number of β-amino-alcohol motifs (C(OH)–C–C–N with tert-alkyl or cyclic N) is 1. The van der Waals surface area contributed by atoms with Crippen molar-refractivity contribution < 1.29 is 9.84 Å². The highest BCUT2D eigenvalue weighted by Crippen LogP contribution is 2.28. The molecule has 134 valence electrons. The molecule has 1 fully saturated rings. The molecule has 1 heterocycles. The molecule has 0 spiro atoms. The van der Waals surface area contributed by atoms with E-state index in [4.69, 9.17) is 4.74 Å². The van der Waals surface area contributed by atoms with E-state index in [1.54, 1.807) is 7.11 Å². The lowest BCUT2D eigenvalue weighted by molar-refractivity contribution is 0.109. The Bertz CT molecular complexity index is 701. The van der Waals surface area contributed by atoms with E-state index in [0.29, 0.717) is 6.54 Å². The molecule has 1 saturated heterocycles. The Morgan fingerprint density at radius 1 is 1.04 bits per heavy atom. The van der Waals surface area contributed by atoms with Crippen molar-refractivity contribution >= 4 is 37.5 Å². The SMILES string of the molecule is COc1ccc(C(O)CN2CCN(c3ccc(Br)cc3)CC2)cc1Br. The van der Waals surface area contributed by atoms with Gasteiger partial charge in [-0.3, -0.25) is 4.90 Å². The van der Waals surface area contributed by atoms with Gasteiger partial charge in [0.2, 0.25) is 0 Å². The molecular weight excluding hydrogens is 448 g/mol. The number of halogens is 2. The van der Waals surface area contributed by atoms with Crippen molar-refractivity contribution in [2.75, 3.05) is 44.7 Å². The molecule has 1 aliphatic heterocycles. The maximum Gasteiger partial charge on any atom is 0.133 e. The summed E-state index contributed by atoms with van der Waals surface area (Å²) in [7, 11) is 1.64. The Labute approximate surface area is 165 Å². The first-order valence-corrected chi connectivity index (χ1v) is 9.90. The molecule has 0 aromatic heterocycles. The number of methoxy groups -OCH3 is 1. The number of nitrogens with zero attached hydrogens (tertiary/aromatic N) is 2. The Balaban J connectivity index is 1.54. The van der Waals surface area contributed by atoms with Crippen LogP contribution in [0.3, 0.4) is 0 Å². The van der Waals surface area contributed by atoms with E-state index in [-0.39, 0.29) is 0 Å². The molecule has 4 nitrogen and oxygen atoms in total. The van der Waals surface area contributed by atoms with Gasteiger partial charge in [-0.05, 0) is 57.9 Å². The molecular formula is C19H22Br2N2O2. The first kappa shape index (κ1) is 18.7. The van der Waals surface area contributed by atoms with Crippen LogP contribution in [0.25, 0.3) is 0 Å². The van der Waals surface area contributed by atoms with E-state index < -0.39 is 6.10 Å². The number of aliphatic hydroxyl groups excluding tert-OH is 1. The van der Waals surface area contributed by atoms with Crippen LogP contribution < -0.4 is 9.64 Å². The first-order chi connectivity index (χ1) is 12.1. The fourth-order valence-electron chi connectivity index (χ4n) is 3.08. The molecule has 2 aromatic rings. The first-order valence-electron chi connectivity index (χ1n) is 8.31. The zero-order chi connectivity index (χ0) is 17.8. The number of aliphatic hydroxyl groups is 1. The summed E-state index contributed by atoms with van der Waals surface area (Å²) in [6, 6.07) is 14.2. The third-order valence-corrected chi connectivity index (χ3v) is 5.70. The van der Waals surface area contributed by atoms with Crippen LogP contribution >= 0.6 is 31.9 Å². The molecule has 1 aliphatic rings. The molecule has 25 heavy (non-hydrogen) atoms. The summed E-state index contributed by atoms with van der Waals surface area (Å²) >= 11 is 6.96. The van der Waals surface area contributed by atoms with E-state index in [2.05, 4.69) is 65.9 Å². The summed E-state index contributed by atoms with van der Waals surface area (Å²) in [5.41, 5.74) is 2.16. The number of rotatable bonds is 5. The number of hydrogen-bond acceptors (Lipinski definition) is 4. The lowest BCUT2D eigenvalue weighted by Gasteiger charge is -2.37. The van der Waals surface area contributed by atoms with E-state index >= 15 is 0 Å². The van der Waals surface area contributed by atoms with Crippen molar-refractivity contribution in [3.8, 4) is 5.75 Å². The quantitative estimate of drug-likeness (QED) is 0.715. The van der Waals surface area contributed by atoms with Gasteiger partial charge in [0.1, 0.15) is 5.75 Å². The zero-order valence-electron chi connectivity index (χ0n) is 14.2. The van der Waals surface area contributed by atoms with Crippen molar-refractivity contribution in [3.63, 3.8) is 0 Å².